The van der Waals surface area contributed by atoms with E-state index in [0.29, 0.717) is 31.5 Å². The summed E-state index contributed by atoms with van der Waals surface area (Å²) in [4.78, 5) is 25.3. The van der Waals surface area contributed by atoms with Crippen LogP contribution in [0.2, 0.25) is 10.0 Å². The molecule has 0 N–H and O–H groups in total. The number of non-ortho nitro benzene ring substituents is 1. The number of sulfonamides is 1. The minimum Gasteiger partial charge on any atom is -0.311 e. The van der Waals surface area contributed by atoms with Gasteiger partial charge in [0.05, 0.1) is 15.6 Å². The van der Waals surface area contributed by atoms with Gasteiger partial charge in [0.15, 0.2) is 0 Å². The number of nitro groups is 1. The van der Waals surface area contributed by atoms with Gasteiger partial charge in [0, 0.05) is 42.7 Å². The average molecular weight is 484 g/mol. The van der Waals surface area contributed by atoms with Crippen LogP contribution >= 0.6 is 23.2 Å². The molecule has 11 heteroatoms. The lowest BCUT2D eigenvalue weighted by Gasteiger charge is -2.32. The van der Waals surface area contributed by atoms with Crippen molar-refractivity contribution in [1.82, 2.24) is 4.31 Å². The molecule has 4 rings (SSSR count). The second-order valence-electron chi connectivity index (χ2n) is 7.56. The van der Waals surface area contributed by atoms with Crippen LogP contribution in [0.15, 0.2) is 41.3 Å². The van der Waals surface area contributed by atoms with Crippen molar-refractivity contribution in [3.8, 4) is 0 Å². The van der Waals surface area contributed by atoms with E-state index in [-0.39, 0.29) is 45.5 Å². The second kappa shape index (κ2) is 8.38. The van der Waals surface area contributed by atoms with Crippen molar-refractivity contribution in [2.75, 3.05) is 24.5 Å². The first kappa shape index (κ1) is 22.0. The van der Waals surface area contributed by atoms with Gasteiger partial charge in [0.2, 0.25) is 15.9 Å². The van der Waals surface area contributed by atoms with E-state index < -0.39 is 14.9 Å². The number of amides is 1. The number of piperidine rings is 1. The summed E-state index contributed by atoms with van der Waals surface area (Å²) in [5.41, 5.74) is 1.41. The average Bonchev–Trinajstić information content (AvgIpc) is 3.18. The number of nitro benzene ring substituents is 1. The van der Waals surface area contributed by atoms with Gasteiger partial charge < -0.3 is 4.90 Å². The van der Waals surface area contributed by atoms with Crippen LogP contribution in [0, 0.1) is 16.0 Å². The molecule has 0 radical (unpaired) electrons. The Kier molecular flexibility index (Phi) is 5.95. The second-order valence-corrected chi connectivity index (χ2v) is 10.3. The van der Waals surface area contributed by atoms with Gasteiger partial charge in [0.1, 0.15) is 4.90 Å². The maximum Gasteiger partial charge on any atom is 0.271 e. The molecule has 2 aromatic carbocycles. The third-order valence-corrected chi connectivity index (χ3v) is 8.37. The number of rotatable bonds is 4. The summed E-state index contributed by atoms with van der Waals surface area (Å²) in [6.45, 7) is 0.820. The molecule has 0 bridgehead atoms. The Morgan fingerprint density at radius 2 is 1.77 bits per heavy atom. The molecule has 31 heavy (non-hydrogen) atoms. The van der Waals surface area contributed by atoms with E-state index in [2.05, 4.69) is 0 Å². The van der Waals surface area contributed by atoms with Gasteiger partial charge in [-0.15, -0.1) is 0 Å². The molecule has 0 saturated carbocycles. The number of hydrogen-bond acceptors (Lipinski definition) is 5. The summed E-state index contributed by atoms with van der Waals surface area (Å²) in [7, 11) is -3.83. The molecule has 0 unspecified atom stereocenters. The molecular formula is C20H19Cl2N3O5S. The first-order valence-corrected chi connectivity index (χ1v) is 11.9. The Balaban J connectivity index is 1.48. The van der Waals surface area contributed by atoms with E-state index in [1.807, 2.05) is 0 Å². The summed E-state index contributed by atoms with van der Waals surface area (Å²) in [6.07, 6.45) is 1.35. The van der Waals surface area contributed by atoms with E-state index >= 15 is 0 Å². The van der Waals surface area contributed by atoms with E-state index in [1.165, 1.54) is 34.6 Å². The van der Waals surface area contributed by atoms with Crippen molar-refractivity contribution in [2.45, 2.75) is 24.2 Å². The Morgan fingerprint density at radius 1 is 1.06 bits per heavy atom. The predicted molar refractivity (Wildman–Crippen MR) is 117 cm³/mol. The van der Waals surface area contributed by atoms with E-state index in [1.54, 1.807) is 11.0 Å². The van der Waals surface area contributed by atoms with Crippen LogP contribution in [0.4, 0.5) is 11.4 Å². The Labute approximate surface area is 189 Å². The van der Waals surface area contributed by atoms with Gasteiger partial charge in [-0.2, -0.15) is 4.31 Å². The lowest BCUT2D eigenvalue weighted by molar-refractivity contribution is -0.384. The number of benzene rings is 2. The highest BCUT2D eigenvalue weighted by Crippen LogP contribution is 2.35. The molecule has 2 aliphatic heterocycles. The number of carbonyl (C=O) groups excluding carboxylic acids is 1. The molecule has 0 atom stereocenters. The van der Waals surface area contributed by atoms with Crippen LogP contribution < -0.4 is 4.90 Å². The predicted octanol–water partition coefficient (Wildman–Crippen LogP) is 3.89. The number of halogens is 2. The molecule has 8 nitrogen and oxygen atoms in total. The minimum atomic E-state index is -3.83. The van der Waals surface area contributed by atoms with Crippen LogP contribution in [-0.2, 0) is 21.2 Å². The number of carbonyl (C=O) groups is 1. The Hall–Kier alpha value is -2.20. The maximum atomic E-state index is 13.1. The van der Waals surface area contributed by atoms with E-state index in [0.717, 1.165) is 5.56 Å². The zero-order chi connectivity index (χ0) is 22.3. The van der Waals surface area contributed by atoms with Crippen molar-refractivity contribution in [1.29, 1.82) is 0 Å². The van der Waals surface area contributed by atoms with Crippen LogP contribution in [0.5, 0.6) is 0 Å². The first-order valence-electron chi connectivity index (χ1n) is 9.72. The minimum absolute atomic E-state index is 0.0489. The molecule has 0 aromatic heterocycles. The third kappa shape index (κ3) is 4.15. The fourth-order valence-corrected chi connectivity index (χ4v) is 6.29. The fourth-order valence-electron chi connectivity index (χ4n) is 4.09. The molecule has 164 valence electrons. The molecule has 2 aromatic rings. The van der Waals surface area contributed by atoms with E-state index in [9.17, 15) is 23.3 Å². The number of fused-ring (bicyclic) bond motifs is 1. The maximum absolute atomic E-state index is 13.1. The molecule has 1 amide bonds. The molecule has 0 aliphatic carbocycles. The van der Waals surface area contributed by atoms with Gasteiger partial charge in [-0.3, -0.25) is 14.9 Å². The highest BCUT2D eigenvalue weighted by Gasteiger charge is 2.37. The van der Waals surface area contributed by atoms with Crippen LogP contribution in [-0.4, -0.2) is 43.2 Å². The summed E-state index contributed by atoms with van der Waals surface area (Å²) < 4.78 is 27.3. The summed E-state index contributed by atoms with van der Waals surface area (Å²) in [5.74, 6) is -0.483. The molecule has 2 aliphatic rings. The van der Waals surface area contributed by atoms with Crippen molar-refractivity contribution in [2.24, 2.45) is 5.92 Å². The zero-order valence-electron chi connectivity index (χ0n) is 16.3. The van der Waals surface area contributed by atoms with Crippen molar-refractivity contribution < 1.29 is 18.1 Å². The lowest BCUT2D eigenvalue weighted by atomic mass is 9.96. The number of nitrogens with zero attached hydrogens (tertiary/aromatic N) is 3. The largest absolute Gasteiger partial charge is 0.311 e. The molecule has 1 saturated heterocycles. The highest BCUT2D eigenvalue weighted by molar-refractivity contribution is 7.89. The van der Waals surface area contributed by atoms with Gasteiger partial charge in [-0.25, -0.2) is 8.42 Å². The van der Waals surface area contributed by atoms with Gasteiger partial charge in [-0.05, 0) is 43.0 Å². The topological polar surface area (TPSA) is 101 Å². The van der Waals surface area contributed by atoms with Gasteiger partial charge >= 0.3 is 0 Å². The quantitative estimate of drug-likeness (QED) is 0.484. The van der Waals surface area contributed by atoms with Crippen molar-refractivity contribution >= 4 is 50.5 Å². The summed E-state index contributed by atoms with van der Waals surface area (Å²) in [5, 5.41) is 11.5. The van der Waals surface area contributed by atoms with E-state index in [4.69, 9.17) is 23.2 Å². The number of anilines is 1. The summed E-state index contributed by atoms with van der Waals surface area (Å²) >= 11 is 12.0. The first-order chi connectivity index (χ1) is 14.7. The number of hydrogen-bond donors (Lipinski definition) is 0. The monoisotopic (exact) mass is 483 g/mol. The van der Waals surface area contributed by atoms with Crippen molar-refractivity contribution in [3.05, 3.63) is 62.1 Å². The molecule has 1 fully saturated rings. The Morgan fingerprint density at radius 3 is 2.45 bits per heavy atom. The zero-order valence-corrected chi connectivity index (χ0v) is 18.7. The molecule has 2 heterocycles. The van der Waals surface area contributed by atoms with Crippen LogP contribution in [0.3, 0.4) is 0 Å². The molecule has 0 spiro atoms. The highest BCUT2D eigenvalue weighted by atomic mass is 35.5. The van der Waals surface area contributed by atoms with Crippen LogP contribution in [0.25, 0.3) is 0 Å². The third-order valence-electron chi connectivity index (χ3n) is 5.76. The normalized spacial score (nSPS) is 17.5. The standard InChI is InChI=1S/C20H19Cl2N3O5S/c21-15-2-4-17(22)19(11-15)31(29,30)23-8-5-14(6-9-23)20(26)24-10-7-13-1-3-16(25(27)28)12-18(13)24/h1-4,11-12,14H,5-10H2. The molecular weight excluding hydrogens is 465 g/mol. The van der Waals surface area contributed by atoms with Crippen LogP contribution in [0.1, 0.15) is 18.4 Å². The van der Waals surface area contributed by atoms with Gasteiger partial charge in [0.25, 0.3) is 5.69 Å². The van der Waals surface area contributed by atoms with Crippen molar-refractivity contribution in [3.63, 3.8) is 0 Å². The fraction of sp³-hybridized carbons (Fsp3) is 0.350. The van der Waals surface area contributed by atoms with Gasteiger partial charge in [-0.1, -0.05) is 29.3 Å². The summed E-state index contributed by atoms with van der Waals surface area (Å²) in [6, 6.07) is 8.84. The lowest BCUT2D eigenvalue weighted by Crippen LogP contribution is -2.44. The SMILES string of the molecule is O=C(C1CCN(S(=O)(=O)c2cc(Cl)ccc2Cl)CC1)N1CCc2ccc([N+](=O)[O-])cc21. The Bertz CT molecular complexity index is 1160. The smallest absolute Gasteiger partial charge is 0.271 e.